The highest BCUT2D eigenvalue weighted by molar-refractivity contribution is 6.05. The molecule has 4 aromatic rings. The Bertz CT molecular complexity index is 1440. The molecule has 2 N–H and O–H groups in total. The van der Waals surface area contributed by atoms with E-state index in [2.05, 4.69) is 10.6 Å². The van der Waals surface area contributed by atoms with Gasteiger partial charge in [-0.1, -0.05) is 45.0 Å². The topological polar surface area (TPSA) is 85.2 Å². The van der Waals surface area contributed by atoms with Crippen LogP contribution < -0.4 is 10.6 Å². The number of benzene rings is 3. The van der Waals surface area contributed by atoms with E-state index in [-0.39, 0.29) is 17.7 Å². The van der Waals surface area contributed by atoms with Gasteiger partial charge in [0, 0.05) is 23.2 Å². The third-order valence-electron chi connectivity index (χ3n) is 5.43. The highest BCUT2D eigenvalue weighted by atomic mass is 19.1. The quantitative estimate of drug-likeness (QED) is 0.315. The van der Waals surface area contributed by atoms with Gasteiger partial charge < -0.3 is 10.1 Å². The monoisotopic (exact) mass is 492 g/mol. The van der Waals surface area contributed by atoms with Gasteiger partial charge in [-0.2, -0.15) is 5.10 Å². The van der Waals surface area contributed by atoms with Gasteiger partial charge in [-0.25, -0.2) is 23.1 Å². The van der Waals surface area contributed by atoms with Crippen molar-refractivity contribution in [3.8, 4) is 5.69 Å². The number of hydrogen-bond acceptors (Lipinski definition) is 4. The summed E-state index contributed by atoms with van der Waals surface area (Å²) in [7, 11) is 0. The number of ether oxygens (including phenoxy) is 1. The Balaban J connectivity index is 1.78. The molecule has 0 unspecified atom stereocenters. The van der Waals surface area contributed by atoms with Crippen molar-refractivity contribution in [2.75, 3.05) is 17.2 Å². The van der Waals surface area contributed by atoms with Crippen LogP contribution in [-0.2, 0) is 10.2 Å². The molecule has 1 heterocycles. The number of anilines is 2. The summed E-state index contributed by atoms with van der Waals surface area (Å²) >= 11 is 0. The van der Waals surface area contributed by atoms with Crippen LogP contribution in [0, 0.1) is 11.6 Å². The minimum absolute atomic E-state index is 0.0394. The van der Waals surface area contributed by atoms with E-state index in [1.54, 1.807) is 19.1 Å². The van der Waals surface area contributed by atoms with Crippen LogP contribution in [0.4, 0.5) is 25.1 Å². The minimum Gasteiger partial charge on any atom is -0.462 e. The van der Waals surface area contributed by atoms with Crippen molar-refractivity contribution in [2.24, 2.45) is 0 Å². The highest BCUT2D eigenvalue weighted by Crippen LogP contribution is 2.30. The van der Waals surface area contributed by atoms with Gasteiger partial charge in [-0.15, -0.1) is 0 Å². The third-order valence-corrected chi connectivity index (χ3v) is 5.43. The molecule has 186 valence electrons. The number of amides is 2. The fourth-order valence-corrected chi connectivity index (χ4v) is 3.73. The normalized spacial score (nSPS) is 11.4. The van der Waals surface area contributed by atoms with Gasteiger partial charge in [0.15, 0.2) is 0 Å². The lowest BCUT2D eigenvalue weighted by molar-refractivity contribution is 0.0528. The van der Waals surface area contributed by atoms with E-state index >= 15 is 0 Å². The smallest absolute Gasteiger partial charge is 0.338 e. The predicted octanol–water partition coefficient (Wildman–Crippen LogP) is 6.42. The second-order valence-corrected chi connectivity index (χ2v) is 9.25. The van der Waals surface area contributed by atoms with Gasteiger partial charge in [-0.3, -0.25) is 5.32 Å². The van der Waals surface area contributed by atoms with Crippen LogP contribution in [0.25, 0.3) is 16.5 Å². The van der Waals surface area contributed by atoms with Gasteiger partial charge in [0.2, 0.25) is 0 Å². The molecule has 0 spiro atoms. The van der Waals surface area contributed by atoms with Gasteiger partial charge in [0.25, 0.3) is 0 Å². The Hall–Kier alpha value is -4.27. The Morgan fingerprint density at radius 1 is 0.972 bits per heavy atom. The lowest BCUT2D eigenvalue weighted by Gasteiger charge is -2.15. The fourth-order valence-electron chi connectivity index (χ4n) is 3.73. The second-order valence-electron chi connectivity index (χ2n) is 9.25. The number of rotatable bonds is 5. The fraction of sp³-hybridized carbons (Fsp3) is 0.222. The maximum atomic E-state index is 13.5. The maximum absolute atomic E-state index is 13.5. The molecular formula is C27H26F2N4O3. The molecule has 3 aromatic carbocycles. The summed E-state index contributed by atoms with van der Waals surface area (Å²) in [6.45, 7) is 7.88. The van der Waals surface area contributed by atoms with Crippen LogP contribution in [-0.4, -0.2) is 28.4 Å². The summed E-state index contributed by atoms with van der Waals surface area (Å²) in [5, 5.41) is 11.3. The number of esters is 1. The van der Waals surface area contributed by atoms with E-state index in [9.17, 15) is 18.4 Å². The van der Waals surface area contributed by atoms with Crippen LogP contribution in [0.1, 0.15) is 43.7 Å². The van der Waals surface area contributed by atoms with Crippen molar-refractivity contribution in [2.45, 2.75) is 33.1 Å². The first-order chi connectivity index (χ1) is 17.0. The van der Waals surface area contributed by atoms with E-state index < -0.39 is 23.6 Å². The van der Waals surface area contributed by atoms with Crippen LogP contribution in [0.5, 0.6) is 0 Å². The van der Waals surface area contributed by atoms with Crippen molar-refractivity contribution in [3.63, 3.8) is 0 Å². The second kappa shape index (κ2) is 9.77. The molecule has 2 amide bonds. The van der Waals surface area contributed by atoms with Crippen molar-refractivity contribution in [1.82, 2.24) is 9.78 Å². The largest absolute Gasteiger partial charge is 0.462 e. The van der Waals surface area contributed by atoms with Crippen molar-refractivity contribution in [1.29, 1.82) is 0 Å². The molecule has 0 fully saturated rings. The van der Waals surface area contributed by atoms with Crippen molar-refractivity contribution < 1.29 is 23.1 Å². The van der Waals surface area contributed by atoms with E-state index in [0.717, 1.165) is 22.9 Å². The summed E-state index contributed by atoms with van der Waals surface area (Å²) in [6, 6.07) is 14.6. The first-order valence-electron chi connectivity index (χ1n) is 11.4. The van der Waals surface area contributed by atoms with Crippen LogP contribution >= 0.6 is 0 Å². The number of fused-ring (bicyclic) bond motifs is 1. The first kappa shape index (κ1) is 24.8. The molecule has 0 aliphatic carbocycles. The number of carbonyl (C=O) groups excluding carboxylic acids is 2. The number of nitrogens with one attached hydrogen (secondary N) is 2. The number of hydrogen-bond donors (Lipinski definition) is 2. The van der Waals surface area contributed by atoms with Gasteiger partial charge in [-0.05, 0) is 42.0 Å². The van der Waals surface area contributed by atoms with Crippen LogP contribution in [0.3, 0.4) is 0 Å². The Morgan fingerprint density at radius 2 is 1.67 bits per heavy atom. The summed E-state index contributed by atoms with van der Waals surface area (Å²) in [6.07, 6.45) is 0. The van der Waals surface area contributed by atoms with Crippen molar-refractivity contribution in [3.05, 3.63) is 83.6 Å². The third kappa shape index (κ3) is 5.35. The zero-order chi connectivity index (χ0) is 26.0. The molecule has 4 rings (SSSR count). The lowest BCUT2D eigenvalue weighted by atomic mass is 9.92. The van der Waals surface area contributed by atoms with Crippen molar-refractivity contribution >= 4 is 34.3 Å². The Morgan fingerprint density at radius 3 is 2.33 bits per heavy atom. The maximum Gasteiger partial charge on any atom is 0.338 e. The van der Waals surface area contributed by atoms with Gasteiger partial charge in [0.05, 0.1) is 23.6 Å². The molecule has 7 nitrogen and oxygen atoms in total. The summed E-state index contributed by atoms with van der Waals surface area (Å²) < 4.78 is 33.9. The predicted molar refractivity (Wildman–Crippen MR) is 135 cm³/mol. The van der Waals surface area contributed by atoms with Crippen LogP contribution in [0.2, 0.25) is 0 Å². The number of nitrogens with zero attached hydrogens (tertiary/aromatic N) is 2. The standard InChI is InChI=1S/C27H26F2N4O3/c1-5-36-25(34)22-14-20(10-16-8-6-7-9-21(16)22)33-24(15-23(32-33)27(2,3)4)31-26(35)30-19-12-17(28)11-18(29)13-19/h6-15H,5H2,1-4H3,(H2,30,31,35). The van der Waals surface area contributed by atoms with E-state index in [1.807, 2.05) is 51.1 Å². The van der Waals surface area contributed by atoms with E-state index in [0.29, 0.717) is 28.8 Å². The summed E-state index contributed by atoms with van der Waals surface area (Å²) in [5.74, 6) is -1.79. The summed E-state index contributed by atoms with van der Waals surface area (Å²) in [5.41, 5.74) is 1.18. The van der Waals surface area contributed by atoms with Gasteiger partial charge in [0.1, 0.15) is 17.5 Å². The molecule has 0 aliphatic rings. The Kier molecular flexibility index (Phi) is 6.74. The zero-order valence-electron chi connectivity index (χ0n) is 20.4. The Labute approximate surface area is 207 Å². The average molecular weight is 493 g/mol. The summed E-state index contributed by atoms with van der Waals surface area (Å²) in [4.78, 5) is 25.5. The SMILES string of the molecule is CCOC(=O)c1cc(-n2nc(C(C)(C)C)cc2NC(=O)Nc2cc(F)cc(F)c2)cc2ccccc12. The molecule has 0 saturated heterocycles. The molecule has 9 heteroatoms. The number of urea groups is 1. The molecule has 0 saturated carbocycles. The molecule has 0 bridgehead atoms. The zero-order valence-corrected chi connectivity index (χ0v) is 20.4. The molecule has 0 atom stereocenters. The first-order valence-corrected chi connectivity index (χ1v) is 11.4. The van der Waals surface area contributed by atoms with E-state index in [4.69, 9.17) is 9.84 Å². The molecule has 0 aliphatic heterocycles. The van der Waals surface area contributed by atoms with E-state index in [1.165, 1.54) is 4.68 Å². The number of aromatic nitrogens is 2. The molecule has 1 aromatic heterocycles. The molecule has 0 radical (unpaired) electrons. The number of carbonyl (C=O) groups is 2. The average Bonchev–Trinajstić information content (AvgIpc) is 3.22. The molecule has 36 heavy (non-hydrogen) atoms. The van der Waals surface area contributed by atoms with Gasteiger partial charge >= 0.3 is 12.0 Å². The highest BCUT2D eigenvalue weighted by Gasteiger charge is 2.23. The number of halogens is 2. The lowest BCUT2D eigenvalue weighted by Crippen LogP contribution is -2.21. The molecular weight excluding hydrogens is 466 g/mol. The minimum atomic E-state index is -0.812. The van der Waals surface area contributed by atoms with Crippen LogP contribution in [0.15, 0.2) is 60.7 Å².